The summed E-state index contributed by atoms with van der Waals surface area (Å²) in [5.74, 6) is 2.79. The average Bonchev–Trinajstić information content (AvgIpc) is 1.94. The van der Waals surface area contributed by atoms with Gasteiger partial charge in [-0.2, -0.15) is 0 Å². The minimum absolute atomic E-state index is 0.998. The van der Waals surface area contributed by atoms with Gasteiger partial charge in [-0.1, -0.05) is 18.2 Å². The first-order chi connectivity index (χ1) is 4.84. The van der Waals surface area contributed by atoms with Gasteiger partial charge in [0.15, 0.2) is 0 Å². The summed E-state index contributed by atoms with van der Waals surface area (Å²) in [4.78, 5) is 0. The normalized spacial score (nSPS) is 8.20. The standard InChI is InChI=1S/C9H7Cl/c1-8-4-2-3-5-9(8)6-7-10/h2-5H,1H3. The number of hydrogen-bond donors (Lipinski definition) is 0. The summed E-state index contributed by atoms with van der Waals surface area (Å²) in [6.07, 6.45) is 0. The smallest absolute Gasteiger partial charge is 0.0287 e. The maximum Gasteiger partial charge on any atom is 0.0287 e. The van der Waals surface area contributed by atoms with Crippen molar-refractivity contribution >= 4 is 11.6 Å². The van der Waals surface area contributed by atoms with Crippen LogP contribution >= 0.6 is 11.6 Å². The summed E-state index contributed by atoms with van der Waals surface area (Å²) in [6.45, 7) is 2.01. The van der Waals surface area contributed by atoms with E-state index < -0.39 is 0 Å². The van der Waals surface area contributed by atoms with E-state index in [-0.39, 0.29) is 0 Å². The first-order valence-electron chi connectivity index (χ1n) is 3.02. The van der Waals surface area contributed by atoms with Gasteiger partial charge in [-0.25, -0.2) is 0 Å². The number of benzene rings is 1. The molecule has 1 rings (SSSR count). The molecule has 0 saturated carbocycles. The summed E-state index contributed by atoms with van der Waals surface area (Å²) >= 11 is 5.25. The molecule has 0 fully saturated rings. The zero-order valence-electron chi connectivity index (χ0n) is 5.69. The third-order valence-corrected chi connectivity index (χ3v) is 1.42. The van der Waals surface area contributed by atoms with Crippen molar-refractivity contribution < 1.29 is 0 Å². The van der Waals surface area contributed by atoms with Gasteiger partial charge >= 0.3 is 0 Å². The Bertz CT molecular complexity index is 278. The molecule has 0 bridgehead atoms. The zero-order valence-corrected chi connectivity index (χ0v) is 6.44. The molecule has 1 aromatic carbocycles. The Labute approximate surface area is 65.8 Å². The van der Waals surface area contributed by atoms with Crippen LogP contribution in [0, 0.1) is 18.2 Å². The second-order valence-corrected chi connectivity index (χ2v) is 2.22. The van der Waals surface area contributed by atoms with Crippen LogP contribution in [-0.2, 0) is 0 Å². The molecule has 50 valence electrons. The fourth-order valence-electron chi connectivity index (χ4n) is 0.764. The fraction of sp³-hybridized carbons (Fsp3) is 0.111. The maximum atomic E-state index is 5.25. The predicted molar refractivity (Wildman–Crippen MR) is 43.9 cm³/mol. The molecule has 0 amide bonds. The van der Waals surface area contributed by atoms with Crippen LogP contribution < -0.4 is 0 Å². The van der Waals surface area contributed by atoms with E-state index in [2.05, 4.69) is 11.3 Å². The molecule has 0 aromatic heterocycles. The van der Waals surface area contributed by atoms with E-state index in [9.17, 15) is 0 Å². The number of hydrogen-bond acceptors (Lipinski definition) is 0. The van der Waals surface area contributed by atoms with Gasteiger partial charge < -0.3 is 0 Å². The Morgan fingerprint density at radius 1 is 1.30 bits per heavy atom. The molecule has 0 nitrogen and oxygen atoms in total. The second-order valence-electron chi connectivity index (χ2n) is 2.03. The zero-order chi connectivity index (χ0) is 7.40. The third kappa shape index (κ3) is 1.52. The Morgan fingerprint density at radius 2 is 2.00 bits per heavy atom. The van der Waals surface area contributed by atoms with Crippen molar-refractivity contribution in [3.63, 3.8) is 0 Å². The third-order valence-electron chi connectivity index (χ3n) is 1.33. The summed E-state index contributed by atoms with van der Waals surface area (Å²) in [5.41, 5.74) is 2.16. The minimum Gasteiger partial charge on any atom is -0.0619 e. The van der Waals surface area contributed by atoms with Crippen molar-refractivity contribution in [2.45, 2.75) is 6.92 Å². The molecular formula is C9H7Cl. The lowest BCUT2D eigenvalue weighted by molar-refractivity contribution is 1.44. The van der Waals surface area contributed by atoms with Crippen LogP contribution in [0.15, 0.2) is 24.3 Å². The number of rotatable bonds is 0. The van der Waals surface area contributed by atoms with Crippen LogP contribution in [0.4, 0.5) is 0 Å². The Kier molecular flexibility index (Phi) is 2.36. The van der Waals surface area contributed by atoms with E-state index in [4.69, 9.17) is 11.6 Å². The molecule has 0 spiro atoms. The highest BCUT2D eigenvalue weighted by Crippen LogP contribution is 2.04. The summed E-state index contributed by atoms with van der Waals surface area (Å²) in [6, 6.07) is 7.89. The van der Waals surface area contributed by atoms with Crippen molar-refractivity contribution in [3.05, 3.63) is 35.4 Å². The average molecular weight is 151 g/mol. The summed E-state index contributed by atoms with van der Waals surface area (Å²) in [5, 5.41) is 2.35. The number of aryl methyl sites for hydroxylation is 1. The van der Waals surface area contributed by atoms with Gasteiger partial charge in [0.2, 0.25) is 0 Å². The molecule has 0 radical (unpaired) electrons. The maximum absolute atomic E-state index is 5.25. The van der Waals surface area contributed by atoms with Gasteiger partial charge in [-0.15, -0.1) is 0 Å². The lowest BCUT2D eigenvalue weighted by Crippen LogP contribution is -1.77. The minimum atomic E-state index is 0.998. The van der Waals surface area contributed by atoms with Gasteiger partial charge in [0.1, 0.15) is 0 Å². The van der Waals surface area contributed by atoms with Crippen molar-refractivity contribution in [1.82, 2.24) is 0 Å². The highest BCUT2D eigenvalue weighted by Gasteiger charge is 1.88. The van der Waals surface area contributed by atoms with Gasteiger partial charge in [-0.3, -0.25) is 0 Å². The van der Waals surface area contributed by atoms with E-state index in [0.717, 1.165) is 11.1 Å². The molecule has 1 aromatic rings. The lowest BCUT2D eigenvalue weighted by Gasteiger charge is -1.93. The van der Waals surface area contributed by atoms with Crippen LogP contribution in [0.2, 0.25) is 0 Å². The highest BCUT2D eigenvalue weighted by atomic mass is 35.5. The van der Waals surface area contributed by atoms with Gasteiger partial charge in [0.25, 0.3) is 0 Å². The first-order valence-corrected chi connectivity index (χ1v) is 3.39. The largest absolute Gasteiger partial charge is 0.0619 e. The molecule has 0 atom stereocenters. The Hall–Kier alpha value is -0.930. The van der Waals surface area contributed by atoms with Gasteiger partial charge in [-0.05, 0) is 36.1 Å². The van der Waals surface area contributed by atoms with Crippen LogP contribution in [0.1, 0.15) is 11.1 Å². The first kappa shape index (κ1) is 7.18. The van der Waals surface area contributed by atoms with Crippen LogP contribution in [0.5, 0.6) is 0 Å². The fourth-order valence-corrected chi connectivity index (χ4v) is 0.866. The Morgan fingerprint density at radius 3 is 2.60 bits per heavy atom. The second kappa shape index (κ2) is 3.29. The van der Waals surface area contributed by atoms with E-state index in [0.29, 0.717) is 0 Å². The van der Waals surface area contributed by atoms with Crippen molar-refractivity contribution in [2.24, 2.45) is 0 Å². The molecule has 1 heteroatoms. The SMILES string of the molecule is Cc1ccccc1C#CCl. The van der Waals surface area contributed by atoms with E-state index >= 15 is 0 Å². The van der Waals surface area contributed by atoms with E-state index in [1.54, 1.807) is 0 Å². The predicted octanol–water partition coefficient (Wildman–Crippen LogP) is 2.54. The molecule has 0 N–H and O–H groups in total. The van der Waals surface area contributed by atoms with Gasteiger partial charge in [0, 0.05) is 10.9 Å². The van der Waals surface area contributed by atoms with Gasteiger partial charge in [0.05, 0.1) is 0 Å². The molecule has 0 aliphatic carbocycles. The number of halogens is 1. The van der Waals surface area contributed by atoms with E-state index in [1.165, 1.54) is 0 Å². The Balaban J connectivity index is 3.11. The molecular weight excluding hydrogens is 144 g/mol. The van der Waals surface area contributed by atoms with E-state index in [1.807, 2.05) is 31.2 Å². The monoisotopic (exact) mass is 150 g/mol. The highest BCUT2D eigenvalue weighted by molar-refractivity contribution is 6.30. The molecule has 10 heavy (non-hydrogen) atoms. The van der Waals surface area contributed by atoms with Crippen LogP contribution in [0.3, 0.4) is 0 Å². The summed E-state index contributed by atoms with van der Waals surface area (Å²) < 4.78 is 0. The van der Waals surface area contributed by atoms with Crippen LogP contribution in [-0.4, -0.2) is 0 Å². The van der Waals surface area contributed by atoms with Crippen molar-refractivity contribution in [1.29, 1.82) is 0 Å². The van der Waals surface area contributed by atoms with Crippen LogP contribution in [0.25, 0.3) is 0 Å². The quantitative estimate of drug-likeness (QED) is 0.499. The molecule has 0 aliphatic rings. The van der Waals surface area contributed by atoms with Crippen molar-refractivity contribution in [2.75, 3.05) is 0 Å². The molecule has 0 aliphatic heterocycles. The molecule has 0 unspecified atom stereocenters. The summed E-state index contributed by atoms with van der Waals surface area (Å²) in [7, 11) is 0. The lowest BCUT2D eigenvalue weighted by atomic mass is 10.1. The molecule has 0 heterocycles. The van der Waals surface area contributed by atoms with Crippen molar-refractivity contribution in [3.8, 4) is 11.3 Å². The molecule has 0 saturated heterocycles. The topological polar surface area (TPSA) is 0 Å².